The molecule has 0 aliphatic rings. The first-order valence-corrected chi connectivity index (χ1v) is 4.69. The molecule has 0 aromatic heterocycles. The maximum absolute atomic E-state index is 10.9. The highest BCUT2D eigenvalue weighted by molar-refractivity contribution is 8.24. The average Bonchev–Trinajstić information content (AvgIpc) is 2.02. The van der Waals surface area contributed by atoms with Gasteiger partial charge in [-0.1, -0.05) is 0 Å². The summed E-state index contributed by atoms with van der Waals surface area (Å²) in [7, 11) is 6.13. The van der Waals surface area contributed by atoms with Gasteiger partial charge < -0.3 is 10.5 Å². The van der Waals surface area contributed by atoms with Gasteiger partial charge in [0.25, 0.3) is 0 Å². The van der Waals surface area contributed by atoms with E-state index in [-0.39, 0.29) is 5.03 Å². The van der Waals surface area contributed by atoms with Crippen LogP contribution in [-0.4, -0.2) is 12.6 Å². The summed E-state index contributed by atoms with van der Waals surface area (Å²) >= 11 is 0. The molecule has 64 valence electrons. The number of ether oxygens (including phenoxy) is 1. The average molecular weight is 196 g/mol. The van der Waals surface area contributed by atoms with Gasteiger partial charge in [0.2, 0.25) is 0 Å². The zero-order chi connectivity index (χ0) is 8.85. The van der Waals surface area contributed by atoms with Crippen LogP contribution >= 0.6 is 21.7 Å². The summed E-state index contributed by atoms with van der Waals surface area (Å²) in [6.45, 7) is 3.65. The summed E-state index contributed by atoms with van der Waals surface area (Å²) in [6, 6.07) is 0. The van der Waals surface area contributed by atoms with Crippen molar-refractivity contribution in [1.82, 2.24) is 0 Å². The first-order chi connectivity index (χ1) is 5.13. The van der Waals surface area contributed by atoms with E-state index >= 15 is 0 Å². The van der Waals surface area contributed by atoms with Crippen LogP contribution in [0, 0.1) is 0 Å². The first kappa shape index (κ1) is 10.7. The molecule has 0 unspecified atom stereocenters. The van der Waals surface area contributed by atoms with Crippen LogP contribution in [0.2, 0.25) is 0 Å². The van der Waals surface area contributed by atoms with Gasteiger partial charge in [0.05, 0.1) is 17.2 Å². The molecule has 0 radical (unpaired) electrons. The highest BCUT2D eigenvalue weighted by Gasteiger charge is 2.08. The van der Waals surface area contributed by atoms with E-state index in [2.05, 4.69) is 4.74 Å². The lowest BCUT2D eigenvalue weighted by atomic mass is 10.3. The Bertz CT molecular complexity index is 181. The fourth-order valence-electron chi connectivity index (χ4n) is 0.398. The van der Waals surface area contributed by atoms with Gasteiger partial charge >= 0.3 is 5.97 Å². The zero-order valence-corrected chi connectivity index (χ0v) is 7.96. The molecule has 0 fully saturated rings. The van der Waals surface area contributed by atoms with E-state index in [0.717, 1.165) is 11.0 Å². The molecule has 0 aromatic rings. The molecule has 0 heterocycles. The Balaban J connectivity index is 4.22. The molecule has 0 spiro atoms. The minimum atomic E-state index is -0.418. The molecular weight excluding hydrogens is 186 g/mol. The Morgan fingerprint density at radius 2 is 2.27 bits per heavy atom. The summed E-state index contributed by atoms with van der Waals surface area (Å²) in [6.07, 6.45) is 0. The second kappa shape index (κ2) is 5.32. The minimum Gasteiger partial charge on any atom is -0.463 e. The maximum atomic E-state index is 10.9. The zero-order valence-electron chi connectivity index (χ0n) is 6.39. The predicted octanol–water partition coefficient (Wildman–Crippen LogP) is 1.63. The minimum absolute atomic E-state index is 0.283. The monoisotopic (exact) mass is 195 g/mol. The number of hydrogen-bond acceptors (Lipinski definition) is 4. The smallest absolute Gasteiger partial charge is 0.336 e. The van der Waals surface area contributed by atoms with E-state index in [1.54, 1.807) is 13.8 Å². The molecule has 0 amide bonds. The van der Waals surface area contributed by atoms with E-state index in [1.165, 1.54) is 0 Å². The third-order valence-corrected chi connectivity index (χ3v) is 2.01. The van der Waals surface area contributed by atoms with Gasteiger partial charge in [0.1, 0.15) is 0 Å². The summed E-state index contributed by atoms with van der Waals surface area (Å²) in [5.41, 5.74) is 5.71. The molecule has 0 rings (SSSR count). The van der Waals surface area contributed by atoms with E-state index in [9.17, 15) is 4.79 Å². The van der Waals surface area contributed by atoms with E-state index in [4.69, 9.17) is 16.4 Å². The van der Waals surface area contributed by atoms with E-state index < -0.39 is 5.97 Å². The predicted molar refractivity (Wildman–Crippen MR) is 47.0 cm³/mol. The van der Waals surface area contributed by atoms with Crippen molar-refractivity contribution in [2.24, 2.45) is 5.73 Å². The molecule has 0 aliphatic carbocycles. The number of carbonyl (C=O) groups is 1. The lowest BCUT2D eigenvalue weighted by molar-refractivity contribution is -0.138. The van der Waals surface area contributed by atoms with Crippen LogP contribution < -0.4 is 5.73 Å². The standard InChI is InChI=1S/C6H10ClNO2S/c1-3-10-6(9)4(2)5(8)11-7/h3,8H2,1-2H3/b5-4+. The third kappa shape index (κ3) is 3.53. The Kier molecular flexibility index (Phi) is 5.15. The van der Waals surface area contributed by atoms with Gasteiger partial charge in [0.15, 0.2) is 0 Å². The van der Waals surface area contributed by atoms with Gasteiger partial charge in [-0.3, -0.25) is 0 Å². The molecule has 0 aliphatic heterocycles. The Morgan fingerprint density at radius 1 is 1.73 bits per heavy atom. The Morgan fingerprint density at radius 3 is 2.64 bits per heavy atom. The number of rotatable bonds is 3. The molecular formula is C6H10ClNO2S. The van der Waals surface area contributed by atoms with Crippen molar-refractivity contribution in [3.8, 4) is 0 Å². The summed E-state index contributed by atoms with van der Waals surface area (Å²) in [5.74, 6) is -0.418. The summed E-state index contributed by atoms with van der Waals surface area (Å²) in [4.78, 5) is 10.9. The van der Waals surface area contributed by atoms with Gasteiger partial charge in [0, 0.05) is 0 Å². The van der Waals surface area contributed by atoms with Crippen molar-refractivity contribution in [3.63, 3.8) is 0 Å². The van der Waals surface area contributed by atoms with Crippen molar-refractivity contribution in [2.75, 3.05) is 6.61 Å². The van der Waals surface area contributed by atoms with Gasteiger partial charge in [-0.05, 0) is 35.5 Å². The van der Waals surface area contributed by atoms with Gasteiger partial charge in [-0.25, -0.2) is 4.79 Å². The molecule has 0 saturated carbocycles. The van der Waals surface area contributed by atoms with Crippen molar-refractivity contribution < 1.29 is 9.53 Å². The molecule has 0 aromatic carbocycles. The Labute approximate surface area is 74.4 Å². The van der Waals surface area contributed by atoms with Crippen LogP contribution in [0.3, 0.4) is 0 Å². The van der Waals surface area contributed by atoms with Gasteiger partial charge in [-0.15, -0.1) is 0 Å². The normalized spacial score (nSPS) is 12.3. The lowest BCUT2D eigenvalue weighted by Gasteiger charge is -2.02. The van der Waals surface area contributed by atoms with Crippen LogP contribution in [-0.2, 0) is 9.53 Å². The van der Waals surface area contributed by atoms with Crippen molar-refractivity contribution in [1.29, 1.82) is 0 Å². The topological polar surface area (TPSA) is 52.3 Å². The molecule has 2 N–H and O–H groups in total. The molecule has 5 heteroatoms. The fourth-order valence-corrected chi connectivity index (χ4v) is 0.944. The number of nitrogens with two attached hydrogens (primary N) is 1. The molecule has 11 heavy (non-hydrogen) atoms. The highest BCUT2D eigenvalue weighted by atomic mass is 35.7. The van der Waals surface area contributed by atoms with E-state index in [0.29, 0.717) is 12.2 Å². The third-order valence-electron chi connectivity index (χ3n) is 1.03. The fraction of sp³-hybridized carbons (Fsp3) is 0.500. The van der Waals surface area contributed by atoms with Crippen LogP contribution in [0.25, 0.3) is 0 Å². The molecule has 0 bridgehead atoms. The maximum Gasteiger partial charge on any atom is 0.336 e. The lowest BCUT2D eigenvalue weighted by Crippen LogP contribution is -2.09. The largest absolute Gasteiger partial charge is 0.463 e. The van der Waals surface area contributed by atoms with Crippen LogP contribution in [0.1, 0.15) is 13.8 Å². The van der Waals surface area contributed by atoms with Crippen molar-refractivity contribution in [2.45, 2.75) is 13.8 Å². The van der Waals surface area contributed by atoms with Crippen LogP contribution in [0.4, 0.5) is 0 Å². The summed E-state index contributed by atoms with van der Waals surface area (Å²) in [5, 5.41) is 0.283. The first-order valence-electron chi connectivity index (χ1n) is 3.05. The molecule has 3 nitrogen and oxygen atoms in total. The van der Waals surface area contributed by atoms with E-state index in [1.807, 2.05) is 0 Å². The van der Waals surface area contributed by atoms with Crippen LogP contribution in [0.5, 0.6) is 0 Å². The van der Waals surface area contributed by atoms with Crippen molar-refractivity contribution >= 4 is 27.6 Å². The Hall–Kier alpha value is -0.350. The molecule has 0 atom stereocenters. The van der Waals surface area contributed by atoms with Crippen LogP contribution in [0.15, 0.2) is 10.6 Å². The second-order valence-corrected chi connectivity index (χ2v) is 2.84. The number of hydrogen-bond donors (Lipinski definition) is 1. The van der Waals surface area contributed by atoms with Crippen molar-refractivity contribution in [3.05, 3.63) is 10.6 Å². The molecule has 0 saturated heterocycles. The summed E-state index contributed by atoms with van der Waals surface area (Å²) < 4.78 is 4.68. The second-order valence-electron chi connectivity index (χ2n) is 1.79. The number of halogens is 1. The quantitative estimate of drug-likeness (QED) is 0.550. The van der Waals surface area contributed by atoms with Gasteiger partial charge in [-0.2, -0.15) is 0 Å². The number of carbonyl (C=O) groups excluding carboxylic acids is 1. The SMILES string of the molecule is CCOC(=O)/C(C)=C(\N)SCl. The number of esters is 1. The highest BCUT2D eigenvalue weighted by Crippen LogP contribution is 2.18.